The van der Waals surface area contributed by atoms with Gasteiger partial charge in [0.15, 0.2) is 0 Å². The minimum atomic E-state index is -0.366. The molecule has 0 radical (unpaired) electrons. The van der Waals surface area contributed by atoms with Gasteiger partial charge in [0.05, 0.1) is 0 Å². The highest BCUT2D eigenvalue weighted by Crippen LogP contribution is 2.29. The van der Waals surface area contributed by atoms with E-state index in [9.17, 15) is 9.90 Å². The predicted octanol–water partition coefficient (Wildman–Crippen LogP) is 3.43. The van der Waals surface area contributed by atoms with Gasteiger partial charge in [-0.05, 0) is 48.1 Å². The second kappa shape index (κ2) is 5.51. The molecule has 118 valence electrons. The van der Waals surface area contributed by atoms with Crippen molar-refractivity contribution in [3.8, 4) is 5.75 Å². The van der Waals surface area contributed by atoms with E-state index in [1.54, 1.807) is 19.1 Å². The first kappa shape index (κ1) is 14.5. The van der Waals surface area contributed by atoms with Gasteiger partial charge in [-0.25, -0.2) is 4.79 Å². The summed E-state index contributed by atoms with van der Waals surface area (Å²) in [6.45, 7) is 4.38. The largest absolute Gasteiger partial charge is 0.508 e. The summed E-state index contributed by atoms with van der Waals surface area (Å²) < 4.78 is 5.31. The van der Waals surface area contributed by atoms with E-state index in [1.165, 1.54) is 10.4 Å². The third-order valence-corrected chi connectivity index (χ3v) is 5.52. The first-order valence-electron chi connectivity index (χ1n) is 7.65. The topological polar surface area (TPSA) is 53.7 Å². The maximum Gasteiger partial charge on any atom is 0.336 e. The Labute approximate surface area is 137 Å². The van der Waals surface area contributed by atoms with Crippen molar-refractivity contribution in [2.75, 3.05) is 6.54 Å². The van der Waals surface area contributed by atoms with E-state index in [1.807, 2.05) is 17.4 Å². The molecular formula is C18H17NO3S. The van der Waals surface area contributed by atoms with Crippen LogP contribution < -0.4 is 5.63 Å². The molecule has 1 aliphatic heterocycles. The molecule has 0 amide bonds. The van der Waals surface area contributed by atoms with Crippen molar-refractivity contribution in [2.24, 2.45) is 0 Å². The van der Waals surface area contributed by atoms with Crippen molar-refractivity contribution in [3.05, 3.63) is 61.6 Å². The normalized spacial score (nSPS) is 15.0. The summed E-state index contributed by atoms with van der Waals surface area (Å²) in [5.74, 6) is 0.152. The molecule has 0 fully saturated rings. The number of phenolic OH excluding ortho intramolecular Hbond substituents is 1. The summed E-state index contributed by atoms with van der Waals surface area (Å²) >= 11 is 1.82. The van der Waals surface area contributed by atoms with E-state index in [-0.39, 0.29) is 11.4 Å². The fraction of sp³-hybridized carbons (Fsp3) is 0.278. The molecule has 1 aromatic carbocycles. The van der Waals surface area contributed by atoms with Gasteiger partial charge in [0.25, 0.3) is 0 Å². The number of hydrogen-bond donors (Lipinski definition) is 1. The minimum Gasteiger partial charge on any atom is -0.508 e. The predicted molar refractivity (Wildman–Crippen MR) is 91.0 cm³/mol. The Balaban J connectivity index is 1.72. The highest BCUT2D eigenvalue weighted by atomic mass is 32.1. The van der Waals surface area contributed by atoms with Crippen molar-refractivity contribution in [1.82, 2.24) is 4.90 Å². The molecule has 2 aromatic heterocycles. The van der Waals surface area contributed by atoms with Gasteiger partial charge in [0, 0.05) is 41.5 Å². The number of nitrogens with zero attached hydrogens (tertiary/aromatic N) is 1. The quantitative estimate of drug-likeness (QED) is 0.733. The van der Waals surface area contributed by atoms with Crippen LogP contribution in [0, 0.1) is 6.92 Å². The van der Waals surface area contributed by atoms with Gasteiger partial charge in [0.1, 0.15) is 11.3 Å². The molecule has 23 heavy (non-hydrogen) atoms. The zero-order valence-corrected chi connectivity index (χ0v) is 13.7. The molecule has 4 rings (SSSR count). The van der Waals surface area contributed by atoms with Crippen molar-refractivity contribution in [3.63, 3.8) is 0 Å². The standard InChI is InChI=1S/C18H17NO3S/c1-11-15(20)3-2-14-13(8-17(21)22-18(11)14)10-19-6-4-16-12(9-19)5-7-23-16/h2-3,5,7-8,20H,4,6,9-10H2,1H3. The van der Waals surface area contributed by atoms with Gasteiger partial charge in [0.2, 0.25) is 0 Å². The molecule has 3 heterocycles. The van der Waals surface area contributed by atoms with Crippen molar-refractivity contribution in [2.45, 2.75) is 26.4 Å². The molecule has 0 unspecified atom stereocenters. The summed E-state index contributed by atoms with van der Waals surface area (Å²) in [7, 11) is 0. The first-order chi connectivity index (χ1) is 11.1. The lowest BCUT2D eigenvalue weighted by Gasteiger charge is -2.27. The number of fused-ring (bicyclic) bond motifs is 2. The SMILES string of the molecule is Cc1c(O)ccc2c(CN3CCc4sccc4C3)cc(=O)oc12. The third-order valence-electron chi connectivity index (χ3n) is 4.50. The lowest BCUT2D eigenvalue weighted by atomic mass is 10.0. The zero-order chi connectivity index (χ0) is 16.0. The number of hydrogen-bond acceptors (Lipinski definition) is 5. The Bertz CT molecular complexity index is 941. The molecule has 0 aliphatic carbocycles. The van der Waals surface area contributed by atoms with Crippen LogP contribution in [0.25, 0.3) is 11.0 Å². The van der Waals surface area contributed by atoms with Gasteiger partial charge >= 0.3 is 5.63 Å². The number of aryl methyl sites for hydroxylation is 1. The fourth-order valence-corrected chi connectivity index (χ4v) is 4.12. The molecule has 0 saturated carbocycles. The van der Waals surface area contributed by atoms with Gasteiger partial charge in [-0.2, -0.15) is 0 Å². The monoisotopic (exact) mass is 327 g/mol. The van der Waals surface area contributed by atoms with Crippen LogP contribution in [0.1, 0.15) is 21.6 Å². The van der Waals surface area contributed by atoms with Gasteiger partial charge < -0.3 is 9.52 Å². The first-order valence-corrected chi connectivity index (χ1v) is 8.52. The Morgan fingerprint density at radius 1 is 1.35 bits per heavy atom. The number of aromatic hydroxyl groups is 1. The molecule has 3 aromatic rings. The maximum absolute atomic E-state index is 11.9. The highest BCUT2D eigenvalue weighted by Gasteiger charge is 2.19. The summed E-state index contributed by atoms with van der Waals surface area (Å²) in [6.07, 6.45) is 1.06. The smallest absolute Gasteiger partial charge is 0.336 e. The third kappa shape index (κ3) is 2.56. The van der Waals surface area contributed by atoms with E-state index in [0.717, 1.165) is 30.5 Å². The van der Waals surface area contributed by atoms with Crippen LogP contribution in [0.4, 0.5) is 0 Å². The van der Waals surface area contributed by atoms with Crippen molar-refractivity contribution < 1.29 is 9.52 Å². The van der Waals surface area contributed by atoms with E-state index >= 15 is 0 Å². The zero-order valence-electron chi connectivity index (χ0n) is 12.8. The summed E-state index contributed by atoms with van der Waals surface area (Å²) in [5.41, 5.74) is 3.08. The van der Waals surface area contributed by atoms with Crippen LogP contribution in [0.5, 0.6) is 5.75 Å². The van der Waals surface area contributed by atoms with Gasteiger partial charge in [-0.15, -0.1) is 11.3 Å². The second-order valence-electron chi connectivity index (χ2n) is 6.01. The minimum absolute atomic E-state index is 0.152. The molecule has 0 saturated heterocycles. The van der Waals surface area contributed by atoms with Crippen molar-refractivity contribution >= 4 is 22.3 Å². The average molecular weight is 327 g/mol. The van der Waals surface area contributed by atoms with Crippen molar-refractivity contribution in [1.29, 1.82) is 0 Å². The average Bonchev–Trinajstić information content (AvgIpc) is 2.99. The van der Waals surface area contributed by atoms with Gasteiger partial charge in [-0.1, -0.05) is 0 Å². The Morgan fingerprint density at radius 2 is 2.22 bits per heavy atom. The molecular weight excluding hydrogens is 310 g/mol. The molecule has 1 N–H and O–H groups in total. The summed E-state index contributed by atoms with van der Waals surface area (Å²) in [4.78, 5) is 15.7. The van der Waals surface area contributed by atoms with Crippen LogP contribution in [0.2, 0.25) is 0 Å². The van der Waals surface area contributed by atoms with Crippen LogP contribution in [0.3, 0.4) is 0 Å². The van der Waals surface area contributed by atoms with Gasteiger partial charge in [-0.3, -0.25) is 4.90 Å². The Kier molecular flexibility index (Phi) is 3.47. The lowest BCUT2D eigenvalue weighted by molar-refractivity contribution is 0.248. The van der Waals surface area contributed by atoms with E-state index in [2.05, 4.69) is 16.3 Å². The van der Waals surface area contributed by atoms with Crippen LogP contribution in [-0.4, -0.2) is 16.6 Å². The maximum atomic E-state index is 11.9. The number of thiophene rings is 1. The second-order valence-corrected chi connectivity index (χ2v) is 7.01. The van der Waals surface area contributed by atoms with E-state index in [0.29, 0.717) is 17.7 Å². The molecule has 4 nitrogen and oxygen atoms in total. The highest BCUT2D eigenvalue weighted by molar-refractivity contribution is 7.10. The molecule has 1 aliphatic rings. The molecule has 5 heteroatoms. The lowest BCUT2D eigenvalue weighted by Crippen LogP contribution is -2.29. The Hall–Kier alpha value is -2.11. The number of benzene rings is 1. The van der Waals surface area contributed by atoms with Crippen LogP contribution in [-0.2, 0) is 19.5 Å². The number of phenols is 1. The molecule has 0 bridgehead atoms. The van der Waals surface area contributed by atoms with Crippen LogP contribution >= 0.6 is 11.3 Å². The fourth-order valence-electron chi connectivity index (χ4n) is 3.23. The summed E-state index contributed by atoms with van der Waals surface area (Å²) in [5, 5.41) is 12.9. The molecule has 0 atom stereocenters. The number of rotatable bonds is 2. The molecule has 0 spiro atoms. The van der Waals surface area contributed by atoms with Crippen LogP contribution in [0.15, 0.2) is 38.9 Å². The van der Waals surface area contributed by atoms with E-state index < -0.39 is 0 Å². The van der Waals surface area contributed by atoms with E-state index in [4.69, 9.17) is 4.42 Å². The summed E-state index contributed by atoms with van der Waals surface area (Å²) in [6, 6.07) is 7.25. The Morgan fingerprint density at radius 3 is 3.09 bits per heavy atom.